The molecule has 0 saturated carbocycles. The lowest BCUT2D eigenvalue weighted by Crippen LogP contribution is -2.51. The Kier molecular flexibility index (Phi) is 5.71. The van der Waals surface area contributed by atoms with Crippen molar-refractivity contribution < 1.29 is 24.2 Å². The number of benzene rings is 1. The number of hydrogen-bond donors (Lipinski definition) is 1. The zero-order chi connectivity index (χ0) is 20.5. The number of hydrogen-bond acceptors (Lipinski definition) is 5. The average Bonchev–Trinajstić information content (AvgIpc) is 2.91. The number of carbonyl (C=O) groups is 2. The number of carbonyl (C=O) groups excluding carboxylic acids is 2. The minimum atomic E-state index is -1.09. The van der Waals surface area contributed by atoms with Crippen molar-refractivity contribution >= 4 is 12.1 Å². The maximum atomic E-state index is 12.9. The van der Waals surface area contributed by atoms with Crippen LogP contribution in [0, 0.1) is 0 Å². The molecular formula is C22H31NO5. The van der Waals surface area contributed by atoms with Crippen LogP contribution in [0.3, 0.4) is 0 Å². The number of piperidine rings is 1. The van der Waals surface area contributed by atoms with Crippen LogP contribution in [-0.4, -0.2) is 52.5 Å². The fraction of sp³-hybridized carbons (Fsp3) is 0.636. The summed E-state index contributed by atoms with van der Waals surface area (Å²) in [7, 11) is 0. The SMILES string of the molecule is CC(C)(C)OC(=O)N1C2CCC1CC(OC(=O)C(C)(CO)c1ccccc1)C2. The van der Waals surface area contributed by atoms with Crippen LogP contribution < -0.4 is 0 Å². The summed E-state index contributed by atoms with van der Waals surface area (Å²) in [6.45, 7) is 6.97. The molecule has 2 heterocycles. The van der Waals surface area contributed by atoms with Gasteiger partial charge in [0.2, 0.25) is 0 Å². The van der Waals surface area contributed by atoms with Crippen LogP contribution in [0.15, 0.2) is 30.3 Å². The van der Waals surface area contributed by atoms with Gasteiger partial charge in [0, 0.05) is 24.9 Å². The third-order valence-corrected chi connectivity index (χ3v) is 5.75. The number of nitrogens with zero attached hydrogens (tertiary/aromatic N) is 1. The highest BCUT2D eigenvalue weighted by Gasteiger charge is 2.47. The lowest BCUT2D eigenvalue weighted by atomic mass is 9.83. The summed E-state index contributed by atoms with van der Waals surface area (Å²) in [5.41, 5.74) is -0.891. The number of aliphatic hydroxyl groups is 1. The van der Waals surface area contributed by atoms with Gasteiger partial charge in [-0.05, 0) is 46.1 Å². The van der Waals surface area contributed by atoms with Gasteiger partial charge in [0.05, 0.1) is 6.61 Å². The summed E-state index contributed by atoms with van der Waals surface area (Å²) < 4.78 is 11.4. The first-order valence-corrected chi connectivity index (χ1v) is 10.0. The van der Waals surface area contributed by atoms with Crippen molar-refractivity contribution in [2.24, 2.45) is 0 Å². The minimum Gasteiger partial charge on any atom is -0.461 e. The van der Waals surface area contributed by atoms with Crippen LogP contribution in [0.4, 0.5) is 4.79 Å². The molecule has 6 nitrogen and oxygen atoms in total. The molecule has 1 N–H and O–H groups in total. The molecule has 3 unspecified atom stereocenters. The van der Waals surface area contributed by atoms with Gasteiger partial charge in [-0.3, -0.25) is 4.79 Å². The molecule has 1 aromatic carbocycles. The number of aliphatic hydroxyl groups excluding tert-OH is 1. The molecule has 0 spiro atoms. The second kappa shape index (κ2) is 7.74. The van der Waals surface area contributed by atoms with Crippen molar-refractivity contribution in [3.8, 4) is 0 Å². The van der Waals surface area contributed by atoms with Crippen molar-refractivity contribution in [3.63, 3.8) is 0 Å². The Morgan fingerprint density at radius 1 is 1.07 bits per heavy atom. The molecule has 1 aromatic rings. The van der Waals surface area contributed by atoms with Crippen LogP contribution >= 0.6 is 0 Å². The molecule has 3 atom stereocenters. The number of rotatable bonds is 4. The van der Waals surface area contributed by atoms with Crippen LogP contribution in [0.1, 0.15) is 58.9 Å². The summed E-state index contributed by atoms with van der Waals surface area (Å²) in [6.07, 6.45) is 2.48. The second-order valence-corrected chi connectivity index (χ2v) is 9.13. The third-order valence-electron chi connectivity index (χ3n) is 5.75. The largest absolute Gasteiger partial charge is 0.461 e. The van der Waals surface area contributed by atoms with E-state index in [9.17, 15) is 14.7 Å². The molecular weight excluding hydrogens is 358 g/mol. The summed E-state index contributed by atoms with van der Waals surface area (Å²) in [4.78, 5) is 27.3. The quantitative estimate of drug-likeness (QED) is 0.799. The molecule has 6 heteroatoms. The van der Waals surface area contributed by atoms with Gasteiger partial charge in [-0.1, -0.05) is 30.3 Å². The molecule has 1 amide bonds. The number of esters is 1. The average molecular weight is 389 g/mol. The van der Waals surface area contributed by atoms with Crippen molar-refractivity contribution in [2.45, 2.75) is 82.6 Å². The smallest absolute Gasteiger partial charge is 0.410 e. The number of ether oxygens (including phenoxy) is 2. The van der Waals surface area contributed by atoms with Crippen LogP contribution in [0.25, 0.3) is 0 Å². The lowest BCUT2D eigenvalue weighted by molar-refractivity contribution is -0.160. The number of amides is 1. The van der Waals surface area contributed by atoms with Crippen LogP contribution in [0.5, 0.6) is 0 Å². The molecule has 2 saturated heterocycles. The summed E-state index contributed by atoms with van der Waals surface area (Å²) in [6, 6.07) is 9.27. The minimum absolute atomic E-state index is 0.0310. The summed E-state index contributed by atoms with van der Waals surface area (Å²) in [5, 5.41) is 9.91. The molecule has 2 aliphatic heterocycles. The lowest BCUT2D eigenvalue weighted by Gasteiger charge is -2.40. The Bertz CT molecular complexity index is 699. The monoisotopic (exact) mass is 389 g/mol. The zero-order valence-corrected chi connectivity index (χ0v) is 17.2. The molecule has 0 radical (unpaired) electrons. The summed E-state index contributed by atoms with van der Waals surface area (Å²) in [5.74, 6) is -0.420. The third kappa shape index (κ3) is 4.17. The maximum absolute atomic E-state index is 12.9. The number of fused-ring (bicyclic) bond motifs is 2. The van der Waals surface area contributed by atoms with Crippen molar-refractivity contribution in [1.29, 1.82) is 0 Å². The standard InChI is InChI=1S/C22H31NO5/c1-21(2,3)28-20(26)23-16-10-11-17(23)13-18(12-16)27-19(25)22(4,14-24)15-8-6-5-7-9-15/h5-9,16-18,24H,10-14H2,1-4H3. The van der Waals surface area contributed by atoms with E-state index in [4.69, 9.17) is 9.47 Å². The van der Waals surface area contributed by atoms with Gasteiger partial charge >= 0.3 is 12.1 Å². The van der Waals surface area contributed by atoms with E-state index in [1.165, 1.54) is 0 Å². The van der Waals surface area contributed by atoms with E-state index in [0.29, 0.717) is 12.8 Å². The van der Waals surface area contributed by atoms with Gasteiger partial charge < -0.3 is 19.5 Å². The molecule has 0 aromatic heterocycles. The second-order valence-electron chi connectivity index (χ2n) is 9.13. The molecule has 2 aliphatic rings. The summed E-state index contributed by atoms with van der Waals surface area (Å²) >= 11 is 0. The van der Waals surface area contributed by atoms with Gasteiger partial charge in [0.25, 0.3) is 0 Å². The Hall–Kier alpha value is -2.08. The van der Waals surface area contributed by atoms with E-state index in [2.05, 4.69) is 0 Å². The van der Waals surface area contributed by atoms with Crippen molar-refractivity contribution in [2.75, 3.05) is 6.61 Å². The topological polar surface area (TPSA) is 76.1 Å². The van der Waals surface area contributed by atoms with Crippen LogP contribution in [-0.2, 0) is 19.7 Å². The van der Waals surface area contributed by atoms with Crippen LogP contribution in [0.2, 0.25) is 0 Å². The molecule has 28 heavy (non-hydrogen) atoms. The Morgan fingerprint density at radius 2 is 1.64 bits per heavy atom. The predicted octanol–water partition coefficient (Wildman–Crippen LogP) is 3.41. The Labute approximate surface area is 166 Å². The maximum Gasteiger partial charge on any atom is 0.410 e. The predicted molar refractivity (Wildman–Crippen MR) is 105 cm³/mol. The van der Waals surface area contributed by atoms with E-state index in [1.807, 2.05) is 56.0 Å². The van der Waals surface area contributed by atoms with Gasteiger partial charge in [-0.25, -0.2) is 4.79 Å². The highest BCUT2D eigenvalue weighted by atomic mass is 16.6. The Morgan fingerprint density at radius 3 is 2.14 bits per heavy atom. The van der Waals surface area contributed by atoms with Crippen molar-refractivity contribution in [1.82, 2.24) is 4.90 Å². The fourth-order valence-electron chi connectivity index (χ4n) is 4.20. The molecule has 0 aliphatic carbocycles. The zero-order valence-electron chi connectivity index (χ0n) is 17.2. The van der Waals surface area contributed by atoms with Gasteiger partial charge in [-0.2, -0.15) is 0 Å². The van der Waals surface area contributed by atoms with E-state index in [1.54, 1.807) is 6.92 Å². The fourth-order valence-corrected chi connectivity index (χ4v) is 4.20. The first kappa shape index (κ1) is 20.6. The first-order valence-electron chi connectivity index (χ1n) is 10.0. The molecule has 2 fully saturated rings. The normalized spacial score (nSPS) is 26.5. The first-order chi connectivity index (χ1) is 13.1. The molecule has 3 rings (SSSR count). The van der Waals surface area contributed by atoms with E-state index in [-0.39, 0.29) is 30.9 Å². The molecule has 2 bridgehead atoms. The molecule has 154 valence electrons. The Balaban J connectivity index is 1.66. The van der Waals surface area contributed by atoms with E-state index < -0.39 is 17.0 Å². The highest BCUT2D eigenvalue weighted by molar-refractivity contribution is 5.83. The van der Waals surface area contributed by atoms with Gasteiger partial charge in [-0.15, -0.1) is 0 Å². The van der Waals surface area contributed by atoms with E-state index >= 15 is 0 Å². The van der Waals surface area contributed by atoms with Gasteiger partial charge in [0.1, 0.15) is 17.1 Å². The van der Waals surface area contributed by atoms with Gasteiger partial charge in [0.15, 0.2) is 0 Å². The highest BCUT2D eigenvalue weighted by Crippen LogP contribution is 2.39. The van der Waals surface area contributed by atoms with Crippen molar-refractivity contribution in [3.05, 3.63) is 35.9 Å². The van der Waals surface area contributed by atoms with E-state index in [0.717, 1.165) is 18.4 Å².